The Balaban J connectivity index is 2.09. The topological polar surface area (TPSA) is 51.2 Å². The molecule has 0 saturated heterocycles. The van der Waals surface area contributed by atoms with Crippen LogP contribution in [0.1, 0.15) is 44.4 Å². The largest absolute Gasteiger partial charge is 0.453 e. The van der Waals surface area contributed by atoms with Crippen molar-refractivity contribution in [2.24, 2.45) is 17.7 Å². The molecule has 0 radical (unpaired) electrons. The Bertz CT molecular complexity index is 340. The summed E-state index contributed by atoms with van der Waals surface area (Å²) in [7, 11) is 0. The summed E-state index contributed by atoms with van der Waals surface area (Å²) in [5.41, 5.74) is 2.91. The Hall–Kier alpha value is -0.320. The van der Waals surface area contributed by atoms with Crippen LogP contribution in [-0.2, 0) is 0 Å². The third-order valence-corrected chi connectivity index (χ3v) is 3.95. The average Bonchev–Trinajstić information content (AvgIpc) is 2.66. The number of hydrogen-bond acceptors (Lipinski definition) is 3. The molecule has 1 aliphatic rings. The lowest BCUT2D eigenvalue weighted by atomic mass is 9.78. The van der Waals surface area contributed by atoms with E-state index in [1.165, 1.54) is 25.7 Å². The number of rotatable bonds is 3. The minimum absolute atomic E-state index is 0.147. The van der Waals surface area contributed by atoms with Gasteiger partial charge in [-0.05, 0) is 52.7 Å². The molecule has 0 aliphatic heterocycles. The van der Waals surface area contributed by atoms with Gasteiger partial charge in [-0.25, -0.2) is 5.43 Å². The van der Waals surface area contributed by atoms with E-state index >= 15 is 0 Å². The lowest BCUT2D eigenvalue weighted by molar-refractivity contribution is 0.205. The van der Waals surface area contributed by atoms with Gasteiger partial charge in [0.05, 0.1) is 6.04 Å². The van der Waals surface area contributed by atoms with Crippen LogP contribution in [0.4, 0.5) is 0 Å². The first-order valence-corrected chi connectivity index (χ1v) is 6.71. The molecule has 3 atom stereocenters. The highest BCUT2D eigenvalue weighted by Gasteiger charge is 2.28. The number of furan rings is 1. The van der Waals surface area contributed by atoms with Crippen LogP contribution in [0.3, 0.4) is 0 Å². The Morgan fingerprint density at radius 2 is 2.31 bits per heavy atom. The van der Waals surface area contributed by atoms with Crippen molar-refractivity contribution >= 4 is 15.9 Å². The predicted octanol–water partition coefficient (Wildman–Crippen LogP) is 3.37. The fourth-order valence-corrected chi connectivity index (χ4v) is 3.05. The summed E-state index contributed by atoms with van der Waals surface area (Å²) in [4.78, 5) is 0. The van der Waals surface area contributed by atoms with Crippen LogP contribution >= 0.6 is 15.9 Å². The molecule has 1 saturated carbocycles. The predicted molar refractivity (Wildman–Crippen MR) is 67.6 cm³/mol. The first-order valence-electron chi connectivity index (χ1n) is 5.92. The van der Waals surface area contributed by atoms with E-state index in [0.29, 0.717) is 5.92 Å². The highest BCUT2D eigenvalue weighted by atomic mass is 79.9. The molecule has 0 amide bonds. The molecular weight excluding hydrogens is 268 g/mol. The van der Waals surface area contributed by atoms with Gasteiger partial charge in [0.15, 0.2) is 4.67 Å². The fraction of sp³-hybridized carbons (Fsp3) is 0.667. The summed E-state index contributed by atoms with van der Waals surface area (Å²) < 4.78 is 6.37. The van der Waals surface area contributed by atoms with Crippen molar-refractivity contribution in [3.05, 3.63) is 22.6 Å². The van der Waals surface area contributed by atoms with E-state index in [0.717, 1.165) is 16.3 Å². The van der Waals surface area contributed by atoms with Gasteiger partial charge in [0.2, 0.25) is 0 Å². The molecule has 90 valence electrons. The molecule has 1 fully saturated rings. The maximum absolute atomic E-state index is 5.67. The first kappa shape index (κ1) is 12.1. The second-order valence-electron chi connectivity index (χ2n) is 4.82. The second kappa shape index (κ2) is 5.34. The van der Waals surface area contributed by atoms with Crippen LogP contribution < -0.4 is 11.3 Å². The fourth-order valence-electron chi connectivity index (χ4n) is 2.73. The van der Waals surface area contributed by atoms with Crippen LogP contribution in [0, 0.1) is 11.8 Å². The smallest absolute Gasteiger partial charge is 0.169 e. The molecule has 4 heteroatoms. The monoisotopic (exact) mass is 286 g/mol. The summed E-state index contributed by atoms with van der Waals surface area (Å²) in [6.07, 6.45) is 5.10. The van der Waals surface area contributed by atoms with E-state index in [9.17, 15) is 0 Å². The van der Waals surface area contributed by atoms with Gasteiger partial charge in [-0.2, -0.15) is 0 Å². The normalized spacial score (nSPS) is 27.9. The summed E-state index contributed by atoms with van der Waals surface area (Å²) >= 11 is 3.33. The molecule has 0 spiro atoms. The zero-order chi connectivity index (χ0) is 11.5. The first-order chi connectivity index (χ1) is 7.70. The minimum atomic E-state index is 0.147. The maximum atomic E-state index is 5.67. The van der Waals surface area contributed by atoms with Crippen molar-refractivity contribution in [1.29, 1.82) is 0 Å². The Kier molecular flexibility index (Phi) is 4.05. The summed E-state index contributed by atoms with van der Waals surface area (Å²) in [6, 6.07) is 4.06. The number of halogens is 1. The van der Waals surface area contributed by atoms with Gasteiger partial charge in [0, 0.05) is 0 Å². The summed E-state index contributed by atoms with van der Waals surface area (Å²) in [6.45, 7) is 2.32. The molecule has 1 heterocycles. The van der Waals surface area contributed by atoms with E-state index in [2.05, 4.69) is 28.3 Å². The number of hydrazine groups is 1. The van der Waals surface area contributed by atoms with E-state index in [4.69, 9.17) is 10.3 Å². The molecule has 1 aliphatic carbocycles. The summed E-state index contributed by atoms with van der Waals surface area (Å²) in [5, 5.41) is 0. The molecule has 1 aromatic rings. The molecule has 0 bridgehead atoms. The molecule has 2 rings (SSSR count). The van der Waals surface area contributed by atoms with E-state index in [1.807, 2.05) is 12.1 Å². The van der Waals surface area contributed by atoms with Crippen molar-refractivity contribution in [3.63, 3.8) is 0 Å². The number of nitrogens with one attached hydrogen (secondary N) is 1. The van der Waals surface area contributed by atoms with Gasteiger partial charge in [0.1, 0.15) is 5.76 Å². The number of hydrogen-bond donors (Lipinski definition) is 2. The zero-order valence-corrected chi connectivity index (χ0v) is 11.2. The van der Waals surface area contributed by atoms with Gasteiger partial charge >= 0.3 is 0 Å². The van der Waals surface area contributed by atoms with Crippen molar-refractivity contribution < 1.29 is 4.42 Å². The second-order valence-corrected chi connectivity index (χ2v) is 5.60. The van der Waals surface area contributed by atoms with Crippen LogP contribution in [-0.4, -0.2) is 0 Å². The van der Waals surface area contributed by atoms with Crippen molar-refractivity contribution in [2.75, 3.05) is 0 Å². The molecule has 16 heavy (non-hydrogen) atoms. The molecule has 3 N–H and O–H groups in total. The van der Waals surface area contributed by atoms with Gasteiger partial charge in [0.25, 0.3) is 0 Å². The summed E-state index contributed by atoms with van der Waals surface area (Å²) in [5.74, 6) is 7.99. The Labute approximate surface area is 105 Å². The number of nitrogens with two attached hydrogens (primary N) is 1. The Morgan fingerprint density at radius 3 is 2.88 bits per heavy atom. The lowest BCUT2D eigenvalue weighted by Crippen LogP contribution is -2.35. The standard InChI is InChI=1S/C12H19BrN2O/c1-8-3-2-4-9(7-8)12(15-14)10-5-6-11(13)16-10/h5-6,8-9,12,15H,2-4,7,14H2,1H3. The van der Waals surface area contributed by atoms with E-state index < -0.39 is 0 Å². The quantitative estimate of drug-likeness (QED) is 0.662. The van der Waals surface area contributed by atoms with Crippen molar-refractivity contribution in [1.82, 2.24) is 5.43 Å². The maximum Gasteiger partial charge on any atom is 0.169 e. The highest BCUT2D eigenvalue weighted by Crippen LogP contribution is 2.37. The third kappa shape index (κ3) is 2.67. The lowest BCUT2D eigenvalue weighted by Gasteiger charge is -2.31. The molecule has 1 aromatic heterocycles. The van der Waals surface area contributed by atoms with Crippen LogP contribution in [0.25, 0.3) is 0 Å². The van der Waals surface area contributed by atoms with Gasteiger partial charge in [-0.15, -0.1) is 0 Å². The average molecular weight is 287 g/mol. The van der Waals surface area contributed by atoms with Gasteiger partial charge in [-0.3, -0.25) is 5.84 Å². The molecular formula is C12H19BrN2O. The van der Waals surface area contributed by atoms with Crippen molar-refractivity contribution in [2.45, 2.75) is 38.6 Å². The zero-order valence-electron chi connectivity index (χ0n) is 9.58. The van der Waals surface area contributed by atoms with Crippen molar-refractivity contribution in [3.8, 4) is 0 Å². The third-order valence-electron chi connectivity index (χ3n) is 3.53. The van der Waals surface area contributed by atoms with Crippen LogP contribution in [0.5, 0.6) is 0 Å². The molecule has 3 unspecified atom stereocenters. The highest BCUT2D eigenvalue weighted by molar-refractivity contribution is 9.10. The van der Waals surface area contributed by atoms with E-state index in [-0.39, 0.29) is 6.04 Å². The molecule has 0 aromatic carbocycles. The van der Waals surface area contributed by atoms with Crippen LogP contribution in [0.2, 0.25) is 0 Å². The van der Waals surface area contributed by atoms with E-state index in [1.54, 1.807) is 0 Å². The van der Waals surface area contributed by atoms with Gasteiger partial charge < -0.3 is 4.42 Å². The SMILES string of the molecule is CC1CCCC(C(NN)c2ccc(Br)o2)C1. The molecule has 3 nitrogen and oxygen atoms in total. The Morgan fingerprint density at radius 1 is 1.50 bits per heavy atom. The minimum Gasteiger partial charge on any atom is -0.453 e. The van der Waals surface area contributed by atoms with Gasteiger partial charge in [-0.1, -0.05) is 19.8 Å². The van der Waals surface area contributed by atoms with Crippen LogP contribution in [0.15, 0.2) is 21.2 Å².